The van der Waals surface area contributed by atoms with Crippen molar-refractivity contribution in [3.05, 3.63) is 29.8 Å². The van der Waals surface area contributed by atoms with Crippen molar-refractivity contribution in [2.75, 3.05) is 11.5 Å². The van der Waals surface area contributed by atoms with Crippen molar-refractivity contribution in [3.63, 3.8) is 0 Å². The summed E-state index contributed by atoms with van der Waals surface area (Å²) in [5, 5.41) is 8.66. The summed E-state index contributed by atoms with van der Waals surface area (Å²) in [6.07, 6.45) is 2.82. The van der Waals surface area contributed by atoms with E-state index in [0.29, 0.717) is 24.9 Å². The molecule has 1 N–H and O–H groups in total. The average molecular weight is 271 g/mol. The Hall–Kier alpha value is -2.12. The number of benzene rings is 1. The number of hydrogen-bond acceptors (Lipinski definition) is 3. The molecule has 4 heteroatoms. The van der Waals surface area contributed by atoms with Gasteiger partial charge in [0, 0.05) is 24.8 Å². The average Bonchev–Trinajstić information content (AvgIpc) is 2.61. The molecule has 2 rings (SSSR count). The van der Waals surface area contributed by atoms with E-state index in [2.05, 4.69) is 11.8 Å². The van der Waals surface area contributed by atoms with Crippen LogP contribution in [0.4, 0.5) is 5.69 Å². The number of amides is 2. The molecule has 1 fully saturated rings. The minimum atomic E-state index is -0.133. The maximum Gasteiger partial charge on any atom is 0.233 e. The summed E-state index contributed by atoms with van der Waals surface area (Å²) >= 11 is 0. The zero-order valence-corrected chi connectivity index (χ0v) is 11.3. The van der Waals surface area contributed by atoms with E-state index in [0.717, 1.165) is 18.4 Å². The molecule has 0 aliphatic carbocycles. The second-order valence-corrected chi connectivity index (χ2v) is 4.65. The van der Waals surface area contributed by atoms with Crippen molar-refractivity contribution >= 4 is 17.5 Å². The first kappa shape index (κ1) is 14.3. The van der Waals surface area contributed by atoms with Crippen molar-refractivity contribution < 1.29 is 14.7 Å². The number of anilines is 1. The first-order valence-electron chi connectivity index (χ1n) is 6.78. The molecular formula is C16H17NO3. The highest BCUT2D eigenvalue weighted by Gasteiger charge is 2.25. The third-order valence-electron chi connectivity index (χ3n) is 3.13. The molecule has 1 heterocycles. The summed E-state index contributed by atoms with van der Waals surface area (Å²) in [6.45, 7) is 0.0435. The van der Waals surface area contributed by atoms with Crippen molar-refractivity contribution in [1.29, 1.82) is 0 Å². The maximum atomic E-state index is 12.0. The molecule has 1 aliphatic heterocycles. The Morgan fingerprint density at radius 1 is 1.05 bits per heavy atom. The lowest BCUT2D eigenvalue weighted by Crippen LogP contribution is -2.34. The molecule has 0 unspecified atom stereocenters. The molecule has 1 aromatic rings. The normalized spacial score (nSPS) is 15.6. The molecular weight excluding hydrogens is 254 g/mol. The number of carbonyl (C=O) groups is 2. The molecule has 20 heavy (non-hydrogen) atoms. The van der Waals surface area contributed by atoms with Gasteiger partial charge in [-0.1, -0.05) is 11.8 Å². The van der Waals surface area contributed by atoms with Gasteiger partial charge in [0.1, 0.15) is 0 Å². The molecule has 1 aromatic carbocycles. The molecule has 1 saturated heterocycles. The second kappa shape index (κ2) is 6.88. The van der Waals surface area contributed by atoms with Gasteiger partial charge in [-0.2, -0.15) is 0 Å². The molecule has 4 nitrogen and oxygen atoms in total. The zero-order chi connectivity index (χ0) is 14.4. The Morgan fingerprint density at radius 3 is 2.20 bits per heavy atom. The van der Waals surface area contributed by atoms with Crippen LogP contribution in [0.25, 0.3) is 0 Å². The van der Waals surface area contributed by atoms with E-state index < -0.39 is 0 Å². The topological polar surface area (TPSA) is 57.6 Å². The van der Waals surface area contributed by atoms with Gasteiger partial charge in [-0.3, -0.25) is 14.5 Å². The van der Waals surface area contributed by atoms with Gasteiger partial charge in [-0.15, -0.1) is 0 Å². The third-order valence-corrected chi connectivity index (χ3v) is 3.13. The fourth-order valence-electron chi connectivity index (χ4n) is 2.12. The lowest BCUT2D eigenvalue weighted by atomic mass is 10.2. The van der Waals surface area contributed by atoms with Crippen LogP contribution in [0.2, 0.25) is 0 Å². The minimum absolute atomic E-state index is 0.0435. The lowest BCUT2D eigenvalue weighted by Gasteiger charge is -2.18. The van der Waals surface area contributed by atoms with Gasteiger partial charge in [0.25, 0.3) is 0 Å². The molecule has 0 saturated carbocycles. The van der Waals surface area contributed by atoms with E-state index in [9.17, 15) is 9.59 Å². The smallest absolute Gasteiger partial charge is 0.233 e. The predicted octanol–water partition coefficient (Wildman–Crippen LogP) is 1.85. The van der Waals surface area contributed by atoms with Crippen molar-refractivity contribution in [2.24, 2.45) is 0 Å². The van der Waals surface area contributed by atoms with E-state index in [1.807, 2.05) is 0 Å². The summed E-state index contributed by atoms with van der Waals surface area (Å²) < 4.78 is 0. The van der Waals surface area contributed by atoms with Gasteiger partial charge in [-0.05, 0) is 37.1 Å². The van der Waals surface area contributed by atoms with E-state index in [4.69, 9.17) is 5.11 Å². The number of aliphatic hydroxyl groups excluding tert-OH is 1. The summed E-state index contributed by atoms with van der Waals surface area (Å²) in [5.74, 6) is 5.48. The molecule has 1 aliphatic rings. The lowest BCUT2D eigenvalue weighted by molar-refractivity contribution is -0.125. The van der Waals surface area contributed by atoms with Crippen molar-refractivity contribution in [3.8, 4) is 11.8 Å². The number of carbonyl (C=O) groups excluding carboxylic acids is 2. The predicted molar refractivity (Wildman–Crippen MR) is 76.0 cm³/mol. The Balaban J connectivity index is 2.18. The third kappa shape index (κ3) is 3.46. The molecule has 0 radical (unpaired) electrons. The quantitative estimate of drug-likeness (QED) is 0.659. The van der Waals surface area contributed by atoms with Gasteiger partial charge in [0.2, 0.25) is 11.8 Å². The van der Waals surface area contributed by atoms with Gasteiger partial charge in [-0.25, -0.2) is 0 Å². The van der Waals surface area contributed by atoms with Gasteiger partial charge in [0.05, 0.1) is 12.3 Å². The van der Waals surface area contributed by atoms with Crippen LogP contribution in [0.3, 0.4) is 0 Å². The fraction of sp³-hybridized carbons (Fsp3) is 0.375. The summed E-state index contributed by atoms with van der Waals surface area (Å²) in [7, 11) is 0. The Kier molecular flexibility index (Phi) is 4.91. The number of hydrogen-bond donors (Lipinski definition) is 1. The molecule has 0 atom stereocenters. The zero-order valence-electron chi connectivity index (χ0n) is 11.3. The highest BCUT2D eigenvalue weighted by molar-refractivity contribution is 6.15. The van der Waals surface area contributed by atoms with E-state index >= 15 is 0 Å². The summed E-state index contributed by atoms with van der Waals surface area (Å²) in [4.78, 5) is 25.2. The van der Waals surface area contributed by atoms with Crippen LogP contribution < -0.4 is 4.90 Å². The maximum absolute atomic E-state index is 12.0. The summed E-state index contributed by atoms with van der Waals surface area (Å²) in [5.41, 5.74) is 1.41. The van der Waals surface area contributed by atoms with Crippen molar-refractivity contribution in [1.82, 2.24) is 0 Å². The monoisotopic (exact) mass is 271 g/mol. The summed E-state index contributed by atoms with van der Waals surface area (Å²) in [6, 6.07) is 7.05. The van der Waals surface area contributed by atoms with Crippen LogP contribution in [0.1, 0.15) is 37.7 Å². The largest absolute Gasteiger partial charge is 0.395 e. The molecule has 0 bridgehead atoms. The van der Waals surface area contributed by atoms with Crippen molar-refractivity contribution in [2.45, 2.75) is 32.1 Å². The second-order valence-electron chi connectivity index (χ2n) is 4.65. The number of rotatable bonds is 2. The Morgan fingerprint density at radius 2 is 1.65 bits per heavy atom. The van der Waals surface area contributed by atoms with E-state index in [1.54, 1.807) is 24.3 Å². The van der Waals surface area contributed by atoms with Gasteiger partial charge >= 0.3 is 0 Å². The number of imide groups is 1. The van der Waals surface area contributed by atoms with E-state index in [-0.39, 0.29) is 18.4 Å². The highest BCUT2D eigenvalue weighted by Crippen LogP contribution is 2.21. The van der Waals surface area contributed by atoms with Crippen LogP contribution in [0.15, 0.2) is 24.3 Å². The molecule has 0 aromatic heterocycles. The van der Waals surface area contributed by atoms with Gasteiger partial charge in [0.15, 0.2) is 0 Å². The Bertz CT molecular complexity index is 533. The molecule has 0 spiro atoms. The Labute approximate surface area is 118 Å². The fourth-order valence-corrected chi connectivity index (χ4v) is 2.12. The SMILES string of the molecule is O=C1CCCCC(=O)N1c1ccc(C#CCCO)cc1. The number of nitrogens with zero attached hydrogens (tertiary/aromatic N) is 1. The van der Waals surface area contributed by atoms with Crippen LogP contribution in [-0.2, 0) is 9.59 Å². The standard InChI is InChI=1S/C16H17NO3/c18-12-4-3-5-13-8-10-14(11-9-13)17-15(19)6-1-2-7-16(17)20/h8-11,18H,1-2,4,6-7,12H2. The molecule has 104 valence electrons. The van der Waals surface area contributed by atoms with Crippen LogP contribution in [0, 0.1) is 11.8 Å². The number of aliphatic hydroxyl groups is 1. The van der Waals surface area contributed by atoms with Crippen LogP contribution in [0.5, 0.6) is 0 Å². The van der Waals surface area contributed by atoms with Gasteiger partial charge < -0.3 is 5.11 Å². The first-order valence-corrected chi connectivity index (χ1v) is 6.78. The van der Waals surface area contributed by atoms with E-state index in [1.165, 1.54) is 4.90 Å². The highest BCUT2D eigenvalue weighted by atomic mass is 16.2. The first-order chi connectivity index (χ1) is 9.72. The minimum Gasteiger partial charge on any atom is -0.395 e. The molecule has 2 amide bonds. The van der Waals surface area contributed by atoms with Crippen LogP contribution in [-0.4, -0.2) is 23.5 Å². The van der Waals surface area contributed by atoms with Crippen LogP contribution >= 0.6 is 0 Å².